The van der Waals surface area contributed by atoms with E-state index in [2.05, 4.69) is 0 Å². The van der Waals surface area contributed by atoms with Gasteiger partial charge in [-0.1, -0.05) is 37.5 Å². The molecule has 2 rings (SSSR count). The lowest BCUT2D eigenvalue weighted by atomic mass is 9.95. The summed E-state index contributed by atoms with van der Waals surface area (Å²) in [4.78, 5) is 0.413. The Morgan fingerprint density at radius 2 is 1.85 bits per heavy atom. The minimum atomic E-state index is -3.44. The van der Waals surface area contributed by atoms with E-state index in [1.807, 2.05) is 19.1 Å². The number of hydrogen-bond donors (Lipinski definition) is 0. The van der Waals surface area contributed by atoms with Crippen LogP contribution in [-0.4, -0.2) is 31.2 Å². The summed E-state index contributed by atoms with van der Waals surface area (Å²) in [6.07, 6.45) is 5.30. The SMILES string of the molecule is Cc1ccccc1S(=O)(=O)N(CCCl)C1CCCCC1. The highest BCUT2D eigenvalue weighted by atomic mass is 35.5. The lowest BCUT2D eigenvalue weighted by molar-refractivity contribution is 0.262. The van der Waals surface area contributed by atoms with E-state index in [9.17, 15) is 8.42 Å². The molecule has 0 saturated heterocycles. The number of alkyl halides is 1. The Morgan fingerprint density at radius 3 is 2.45 bits per heavy atom. The number of benzene rings is 1. The molecule has 0 N–H and O–H groups in total. The van der Waals surface area contributed by atoms with Crippen LogP contribution >= 0.6 is 11.6 Å². The van der Waals surface area contributed by atoms with Crippen molar-refractivity contribution in [2.45, 2.75) is 50.0 Å². The van der Waals surface area contributed by atoms with Gasteiger partial charge in [0.15, 0.2) is 0 Å². The lowest BCUT2D eigenvalue weighted by Gasteiger charge is -2.33. The van der Waals surface area contributed by atoms with Gasteiger partial charge in [-0.15, -0.1) is 11.6 Å². The molecular weight excluding hydrogens is 294 g/mol. The average Bonchev–Trinajstić information content (AvgIpc) is 2.45. The minimum absolute atomic E-state index is 0.104. The third-order valence-electron chi connectivity index (χ3n) is 3.97. The van der Waals surface area contributed by atoms with E-state index >= 15 is 0 Å². The molecule has 0 atom stereocenters. The smallest absolute Gasteiger partial charge is 0.207 e. The molecule has 0 heterocycles. The van der Waals surface area contributed by atoms with Crippen molar-refractivity contribution in [3.05, 3.63) is 29.8 Å². The predicted molar refractivity (Wildman–Crippen MR) is 82.7 cm³/mol. The van der Waals surface area contributed by atoms with Gasteiger partial charge in [0.2, 0.25) is 10.0 Å². The fourth-order valence-corrected chi connectivity index (χ4v) is 5.12. The highest BCUT2D eigenvalue weighted by Gasteiger charge is 2.32. The first kappa shape index (κ1) is 15.8. The molecule has 1 aromatic rings. The molecule has 1 saturated carbocycles. The van der Waals surface area contributed by atoms with Crippen LogP contribution in [0.2, 0.25) is 0 Å². The summed E-state index contributed by atoms with van der Waals surface area (Å²) >= 11 is 5.84. The summed E-state index contributed by atoms with van der Waals surface area (Å²) in [6, 6.07) is 7.27. The van der Waals surface area contributed by atoms with Gasteiger partial charge in [-0.2, -0.15) is 4.31 Å². The van der Waals surface area contributed by atoms with Crippen LogP contribution in [0.5, 0.6) is 0 Å². The molecule has 0 aromatic heterocycles. The van der Waals surface area contributed by atoms with Crippen LogP contribution < -0.4 is 0 Å². The Hall–Kier alpha value is -0.580. The molecule has 1 fully saturated rings. The highest BCUT2D eigenvalue weighted by Crippen LogP contribution is 2.28. The Balaban J connectivity index is 2.34. The maximum atomic E-state index is 12.9. The first-order valence-electron chi connectivity index (χ1n) is 7.21. The van der Waals surface area contributed by atoms with Crippen molar-refractivity contribution in [3.63, 3.8) is 0 Å². The van der Waals surface area contributed by atoms with Crippen molar-refractivity contribution in [2.75, 3.05) is 12.4 Å². The van der Waals surface area contributed by atoms with Gasteiger partial charge in [0.1, 0.15) is 0 Å². The van der Waals surface area contributed by atoms with Gasteiger partial charge in [0.05, 0.1) is 4.90 Å². The second-order valence-corrected chi connectivity index (χ2v) is 7.60. The van der Waals surface area contributed by atoms with E-state index in [-0.39, 0.29) is 6.04 Å². The quantitative estimate of drug-likeness (QED) is 0.779. The Labute approximate surface area is 127 Å². The molecule has 1 aliphatic rings. The van der Waals surface area contributed by atoms with E-state index < -0.39 is 10.0 Å². The molecule has 0 bridgehead atoms. The highest BCUT2D eigenvalue weighted by molar-refractivity contribution is 7.89. The van der Waals surface area contributed by atoms with Crippen LogP contribution in [0.4, 0.5) is 0 Å². The third-order valence-corrected chi connectivity index (χ3v) is 6.25. The molecule has 0 unspecified atom stereocenters. The van der Waals surface area contributed by atoms with E-state index in [4.69, 9.17) is 11.6 Å². The molecular formula is C15H22ClNO2S. The molecule has 112 valence electrons. The molecule has 3 nitrogen and oxygen atoms in total. The standard InChI is InChI=1S/C15H22ClNO2S/c1-13-7-5-6-10-15(13)20(18,19)17(12-11-16)14-8-3-2-4-9-14/h5-7,10,14H,2-4,8-9,11-12H2,1H3. The predicted octanol–water partition coefficient (Wildman–Crippen LogP) is 3.56. The van der Waals surface area contributed by atoms with Crippen molar-refractivity contribution in [1.29, 1.82) is 0 Å². The minimum Gasteiger partial charge on any atom is -0.207 e. The van der Waals surface area contributed by atoms with Crippen molar-refractivity contribution in [2.24, 2.45) is 0 Å². The zero-order valence-electron chi connectivity index (χ0n) is 11.9. The van der Waals surface area contributed by atoms with E-state index in [1.54, 1.807) is 16.4 Å². The molecule has 0 amide bonds. The molecule has 0 aliphatic heterocycles. The van der Waals surface area contributed by atoms with Gasteiger partial charge in [0, 0.05) is 18.5 Å². The second-order valence-electron chi connectivity index (χ2n) is 5.36. The van der Waals surface area contributed by atoms with E-state index in [1.165, 1.54) is 6.42 Å². The Kier molecular flexibility index (Phi) is 5.47. The van der Waals surface area contributed by atoms with Gasteiger partial charge in [-0.25, -0.2) is 8.42 Å². The summed E-state index contributed by atoms with van der Waals surface area (Å²) in [5.41, 5.74) is 0.794. The fourth-order valence-electron chi connectivity index (χ4n) is 2.92. The number of rotatable bonds is 5. The maximum Gasteiger partial charge on any atom is 0.243 e. The first-order valence-corrected chi connectivity index (χ1v) is 9.18. The molecule has 1 aliphatic carbocycles. The van der Waals surface area contributed by atoms with Gasteiger partial charge >= 0.3 is 0 Å². The maximum absolute atomic E-state index is 12.9. The van der Waals surface area contributed by atoms with Crippen LogP contribution in [0.25, 0.3) is 0 Å². The molecule has 1 aromatic carbocycles. The van der Waals surface area contributed by atoms with Crippen molar-refractivity contribution in [1.82, 2.24) is 4.31 Å². The summed E-state index contributed by atoms with van der Waals surface area (Å²) in [5, 5.41) is 0. The van der Waals surface area contributed by atoms with Crippen molar-refractivity contribution < 1.29 is 8.42 Å². The third kappa shape index (κ3) is 3.35. The topological polar surface area (TPSA) is 37.4 Å². The van der Waals surface area contributed by atoms with Crippen LogP contribution in [0.1, 0.15) is 37.7 Å². The average molecular weight is 316 g/mol. The van der Waals surface area contributed by atoms with E-state index in [0.717, 1.165) is 31.2 Å². The number of halogens is 1. The van der Waals surface area contributed by atoms with Crippen LogP contribution in [-0.2, 0) is 10.0 Å². The molecule has 5 heteroatoms. The lowest BCUT2D eigenvalue weighted by Crippen LogP contribution is -2.42. The van der Waals surface area contributed by atoms with Crippen molar-refractivity contribution in [3.8, 4) is 0 Å². The fraction of sp³-hybridized carbons (Fsp3) is 0.600. The summed E-state index contributed by atoms with van der Waals surface area (Å²) in [6.45, 7) is 2.23. The summed E-state index contributed by atoms with van der Waals surface area (Å²) < 4.78 is 27.4. The van der Waals surface area contributed by atoms with Crippen molar-refractivity contribution >= 4 is 21.6 Å². The second kappa shape index (κ2) is 6.92. The summed E-state index contributed by atoms with van der Waals surface area (Å²) in [5.74, 6) is 0.335. The monoisotopic (exact) mass is 315 g/mol. The van der Waals surface area contributed by atoms with Crippen LogP contribution in [0, 0.1) is 6.92 Å². The van der Waals surface area contributed by atoms with Crippen LogP contribution in [0.3, 0.4) is 0 Å². The number of aryl methyl sites for hydroxylation is 1. The molecule has 0 spiro atoms. The Morgan fingerprint density at radius 1 is 1.20 bits per heavy atom. The van der Waals surface area contributed by atoms with E-state index in [0.29, 0.717) is 17.3 Å². The van der Waals surface area contributed by atoms with Gasteiger partial charge < -0.3 is 0 Å². The van der Waals surface area contributed by atoms with Gasteiger partial charge in [-0.3, -0.25) is 0 Å². The normalized spacial score (nSPS) is 17.6. The zero-order valence-corrected chi connectivity index (χ0v) is 13.5. The Bertz CT molecular complexity index is 539. The zero-order chi connectivity index (χ0) is 14.6. The van der Waals surface area contributed by atoms with Gasteiger partial charge in [-0.05, 0) is 31.4 Å². The molecule has 20 heavy (non-hydrogen) atoms. The summed E-state index contributed by atoms with van der Waals surface area (Å²) in [7, 11) is -3.44. The number of sulfonamides is 1. The first-order chi connectivity index (χ1) is 9.57. The van der Waals surface area contributed by atoms with Crippen LogP contribution in [0.15, 0.2) is 29.2 Å². The molecule has 0 radical (unpaired) electrons. The largest absolute Gasteiger partial charge is 0.243 e. The van der Waals surface area contributed by atoms with Gasteiger partial charge in [0.25, 0.3) is 0 Å². The number of nitrogens with zero attached hydrogens (tertiary/aromatic N) is 1. The number of hydrogen-bond acceptors (Lipinski definition) is 2.